The van der Waals surface area contributed by atoms with Gasteiger partial charge >= 0.3 is 0 Å². The lowest BCUT2D eigenvalue weighted by atomic mass is 9.96. The van der Waals surface area contributed by atoms with Crippen molar-refractivity contribution in [2.24, 2.45) is 0 Å². The van der Waals surface area contributed by atoms with Gasteiger partial charge in [0, 0.05) is 5.56 Å². The molecule has 0 spiro atoms. The Kier molecular flexibility index (Phi) is 2.28. The van der Waals surface area contributed by atoms with Crippen LogP contribution in [0, 0.1) is 0 Å². The molecule has 0 fully saturated rings. The molecule has 1 N–H and O–H groups in total. The molecule has 0 radical (unpaired) electrons. The van der Waals surface area contributed by atoms with Crippen LogP contribution in [0.25, 0.3) is 32.7 Å². The summed E-state index contributed by atoms with van der Waals surface area (Å²) >= 11 is 0. The molecule has 1 aliphatic carbocycles. The molecule has 1 atom stereocenters. The standard InChI is InChI=1S/C21H14O/c22-21-18-12-10-13-5-1-3-7-15(13)19(18)17-11-9-14-6-2-4-8-16(14)20(17)21/h1-12,21-22H/t21-/m1/s1. The van der Waals surface area contributed by atoms with Crippen LogP contribution in [0.2, 0.25) is 0 Å². The summed E-state index contributed by atoms with van der Waals surface area (Å²) in [5.74, 6) is 0. The van der Waals surface area contributed by atoms with Crippen LogP contribution in [0.5, 0.6) is 0 Å². The maximum absolute atomic E-state index is 10.9. The molecule has 1 heteroatoms. The molecule has 0 bridgehead atoms. The van der Waals surface area contributed by atoms with Crippen LogP contribution < -0.4 is 0 Å². The summed E-state index contributed by atoms with van der Waals surface area (Å²) in [7, 11) is 0. The molecule has 0 amide bonds. The Morgan fingerprint density at radius 3 is 2.09 bits per heavy atom. The lowest BCUT2D eigenvalue weighted by molar-refractivity contribution is 0.227. The summed E-state index contributed by atoms with van der Waals surface area (Å²) in [6, 6.07) is 25.1. The fraction of sp³-hybridized carbons (Fsp3) is 0.0476. The number of aliphatic hydroxyl groups is 1. The van der Waals surface area contributed by atoms with E-state index < -0.39 is 6.10 Å². The molecule has 4 aromatic carbocycles. The Morgan fingerprint density at radius 1 is 0.636 bits per heavy atom. The van der Waals surface area contributed by atoms with Gasteiger partial charge in [-0.2, -0.15) is 0 Å². The zero-order valence-electron chi connectivity index (χ0n) is 12.0. The van der Waals surface area contributed by atoms with Crippen molar-refractivity contribution in [2.45, 2.75) is 6.10 Å². The highest BCUT2D eigenvalue weighted by Crippen LogP contribution is 2.49. The highest BCUT2D eigenvalue weighted by atomic mass is 16.3. The normalized spacial score (nSPS) is 16.0. The molecule has 0 aliphatic heterocycles. The van der Waals surface area contributed by atoms with Gasteiger partial charge < -0.3 is 5.11 Å². The Balaban J connectivity index is 1.97. The SMILES string of the molecule is O[C@@H]1c2ccc3ccccc3c2-c2ccc3ccccc3c21. The largest absolute Gasteiger partial charge is 0.384 e. The van der Waals surface area contributed by atoms with Crippen LogP contribution in [-0.2, 0) is 0 Å². The highest BCUT2D eigenvalue weighted by molar-refractivity contribution is 6.05. The topological polar surface area (TPSA) is 20.2 Å². The fourth-order valence-corrected chi connectivity index (χ4v) is 3.78. The monoisotopic (exact) mass is 282 g/mol. The Bertz CT molecular complexity index is 1050. The van der Waals surface area contributed by atoms with Crippen LogP contribution in [-0.4, -0.2) is 5.11 Å². The molecule has 0 unspecified atom stereocenters. The lowest BCUT2D eigenvalue weighted by Crippen LogP contribution is -1.94. The first kappa shape index (κ1) is 12.0. The number of rotatable bonds is 0. The Hall–Kier alpha value is -2.64. The maximum atomic E-state index is 10.9. The van der Waals surface area contributed by atoms with E-state index in [0.717, 1.165) is 22.1 Å². The quantitative estimate of drug-likeness (QED) is 0.478. The Morgan fingerprint density at radius 2 is 1.27 bits per heavy atom. The van der Waals surface area contributed by atoms with Gasteiger partial charge in [0.05, 0.1) is 0 Å². The van der Waals surface area contributed by atoms with Crippen molar-refractivity contribution in [3.8, 4) is 11.1 Å². The van der Waals surface area contributed by atoms with E-state index in [1.54, 1.807) is 0 Å². The number of hydrogen-bond acceptors (Lipinski definition) is 1. The lowest BCUT2D eigenvalue weighted by Gasteiger charge is -2.09. The first-order chi connectivity index (χ1) is 10.8. The van der Waals surface area contributed by atoms with Gasteiger partial charge in [-0.05, 0) is 38.2 Å². The molecule has 104 valence electrons. The van der Waals surface area contributed by atoms with Crippen LogP contribution in [0.15, 0.2) is 72.8 Å². The zero-order chi connectivity index (χ0) is 14.7. The second-order valence-electron chi connectivity index (χ2n) is 5.90. The van der Waals surface area contributed by atoms with Crippen LogP contribution >= 0.6 is 0 Å². The molecule has 22 heavy (non-hydrogen) atoms. The van der Waals surface area contributed by atoms with E-state index in [1.165, 1.54) is 21.7 Å². The van der Waals surface area contributed by atoms with E-state index in [9.17, 15) is 5.11 Å². The van der Waals surface area contributed by atoms with Gasteiger partial charge in [0.25, 0.3) is 0 Å². The third-order valence-electron chi connectivity index (χ3n) is 4.77. The fourth-order valence-electron chi connectivity index (χ4n) is 3.78. The molecular weight excluding hydrogens is 268 g/mol. The number of fused-ring (bicyclic) bond motifs is 7. The zero-order valence-corrected chi connectivity index (χ0v) is 12.0. The molecule has 5 rings (SSSR count). The van der Waals surface area contributed by atoms with Gasteiger partial charge in [-0.1, -0.05) is 72.8 Å². The van der Waals surface area contributed by atoms with Crippen molar-refractivity contribution in [3.05, 3.63) is 83.9 Å². The molecule has 0 saturated carbocycles. The molecule has 0 aromatic heterocycles. The van der Waals surface area contributed by atoms with Crippen molar-refractivity contribution < 1.29 is 5.11 Å². The summed E-state index contributed by atoms with van der Waals surface area (Å²) in [6.07, 6.45) is -0.541. The van der Waals surface area contributed by atoms with Crippen LogP contribution in [0.3, 0.4) is 0 Å². The molecular formula is C21H14O. The van der Waals surface area contributed by atoms with Gasteiger partial charge in [-0.3, -0.25) is 0 Å². The summed E-state index contributed by atoms with van der Waals surface area (Å²) < 4.78 is 0. The van der Waals surface area contributed by atoms with Crippen molar-refractivity contribution in [3.63, 3.8) is 0 Å². The third kappa shape index (κ3) is 1.41. The van der Waals surface area contributed by atoms with Crippen LogP contribution in [0.1, 0.15) is 17.2 Å². The number of aliphatic hydroxyl groups excluding tert-OH is 1. The average Bonchev–Trinajstić information content (AvgIpc) is 2.88. The van der Waals surface area contributed by atoms with E-state index in [-0.39, 0.29) is 0 Å². The van der Waals surface area contributed by atoms with Crippen LogP contribution in [0.4, 0.5) is 0 Å². The Labute approximate surface area is 128 Å². The van der Waals surface area contributed by atoms with Gasteiger partial charge in [0.1, 0.15) is 6.10 Å². The number of benzene rings is 4. The smallest absolute Gasteiger partial charge is 0.106 e. The van der Waals surface area contributed by atoms with E-state index in [0.29, 0.717) is 0 Å². The summed E-state index contributed by atoms with van der Waals surface area (Å²) in [6.45, 7) is 0. The predicted octanol–water partition coefficient (Wildman–Crippen LogP) is 5.06. The van der Waals surface area contributed by atoms with Crippen molar-refractivity contribution in [1.29, 1.82) is 0 Å². The first-order valence-electron chi connectivity index (χ1n) is 7.56. The first-order valence-corrected chi connectivity index (χ1v) is 7.56. The van der Waals surface area contributed by atoms with Crippen molar-refractivity contribution >= 4 is 21.5 Å². The predicted molar refractivity (Wildman–Crippen MR) is 91.0 cm³/mol. The molecule has 0 heterocycles. The van der Waals surface area contributed by atoms with E-state index in [4.69, 9.17) is 0 Å². The molecule has 4 aromatic rings. The van der Waals surface area contributed by atoms with E-state index in [2.05, 4.69) is 60.7 Å². The maximum Gasteiger partial charge on any atom is 0.106 e. The summed E-state index contributed by atoms with van der Waals surface area (Å²) in [4.78, 5) is 0. The van der Waals surface area contributed by atoms with Gasteiger partial charge in [0.15, 0.2) is 0 Å². The second kappa shape index (κ2) is 4.19. The van der Waals surface area contributed by atoms with Gasteiger partial charge in [-0.15, -0.1) is 0 Å². The minimum Gasteiger partial charge on any atom is -0.384 e. The minimum absolute atomic E-state index is 0.541. The second-order valence-corrected chi connectivity index (χ2v) is 5.90. The molecule has 1 nitrogen and oxygen atoms in total. The average molecular weight is 282 g/mol. The summed E-state index contributed by atoms with van der Waals surface area (Å²) in [5.41, 5.74) is 4.42. The van der Waals surface area contributed by atoms with Gasteiger partial charge in [0.2, 0.25) is 0 Å². The van der Waals surface area contributed by atoms with E-state index in [1.807, 2.05) is 12.1 Å². The van der Waals surface area contributed by atoms with Crippen molar-refractivity contribution in [2.75, 3.05) is 0 Å². The van der Waals surface area contributed by atoms with Gasteiger partial charge in [-0.25, -0.2) is 0 Å². The minimum atomic E-state index is -0.541. The molecule has 0 saturated heterocycles. The number of hydrogen-bond donors (Lipinski definition) is 1. The third-order valence-corrected chi connectivity index (χ3v) is 4.77. The van der Waals surface area contributed by atoms with Crippen molar-refractivity contribution in [1.82, 2.24) is 0 Å². The van der Waals surface area contributed by atoms with E-state index >= 15 is 0 Å². The summed E-state index contributed by atoms with van der Waals surface area (Å²) in [5, 5.41) is 15.6. The highest BCUT2D eigenvalue weighted by Gasteiger charge is 2.29. The molecule has 1 aliphatic rings.